The molecule has 6 atom stereocenters. The molecule has 4 bridgehead atoms. The van der Waals surface area contributed by atoms with Crippen LogP contribution in [0.4, 0.5) is 14.0 Å². The first kappa shape index (κ1) is 42.9. The number of benzene rings is 2. The monoisotopic (exact) mass is 900 g/mol. The number of pyridine rings is 1. The molecule has 2 aliphatic carbocycles. The Morgan fingerprint density at radius 2 is 1.76 bits per heavy atom. The number of halogens is 3. The summed E-state index contributed by atoms with van der Waals surface area (Å²) >= 11 is 13.2. The van der Waals surface area contributed by atoms with Crippen molar-refractivity contribution < 1.29 is 28.2 Å². The fourth-order valence-corrected chi connectivity index (χ4v) is 11.7. The molecule has 6 fully saturated rings. The highest BCUT2D eigenvalue weighted by molar-refractivity contribution is 6.76. The number of likely N-dealkylation sites (tertiary alicyclic amines) is 2. The normalized spacial score (nSPS) is 24.4. The molecule has 2 aromatic heterocycles. The van der Waals surface area contributed by atoms with Gasteiger partial charge in [-0.25, -0.2) is 19.0 Å². The number of aryl methyl sites for hydroxylation is 2. The molecule has 0 spiro atoms. The highest BCUT2D eigenvalue weighted by Crippen LogP contribution is 2.55. The zero-order chi connectivity index (χ0) is 44.2. The van der Waals surface area contributed by atoms with E-state index >= 15 is 4.39 Å². The molecular weight excluding hydrogens is 847 g/mol. The zero-order valence-electron chi connectivity index (χ0n) is 36.6. The van der Waals surface area contributed by atoms with E-state index < -0.39 is 25.5 Å². The van der Waals surface area contributed by atoms with Gasteiger partial charge in [-0.3, -0.25) is 4.79 Å². The maximum absolute atomic E-state index is 17.6. The smallest absolute Gasteiger partial charge is 0.410 e. The Morgan fingerprint density at radius 1 is 1.00 bits per heavy atom. The Hall–Kier alpha value is -4.38. The van der Waals surface area contributed by atoms with Gasteiger partial charge in [0.2, 0.25) is 5.91 Å². The van der Waals surface area contributed by atoms with Crippen molar-refractivity contribution in [3.8, 4) is 17.2 Å². The van der Waals surface area contributed by atoms with Crippen LogP contribution >= 0.6 is 23.2 Å². The third-order valence-electron chi connectivity index (χ3n) is 13.7. The van der Waals surface area contributed by atoms with Gasteiger partial charge in [0.15, 0.2) is 5.82 Å². The number of nitrogens with zero attached hydrogens (tertiary/aromatic N) is 6. The van der Waals surface area contributed by atoms with Gasteiger partial charge < -0.3 is 28.7 Å². The molecule has 0 N–H and O–H groups in total. The van der Waals surface area contributed by atoms with Crippen molar-refractivity contribution in [1.82, 2.24) is 24.3 Å². The SMILES string of the molecule is Cc1nc2c(F)c(-c3cccc(Cl)c3Cl)c(CCC#N)cc2c2c1cc([C@H]1C[C@H]3C[C@H](CN3C(=O)OCC[Si](C)(C)C)N1C(=O)C1CC1)n2[C@H]1[C@@H]2C[C@H]1N(C(=O)OC(C)(C)C)C2. The molecule has 10 rings (SSSR count). The summed E-state index contributed by atoms with van der Waals surface area (Å²) in [5.74, 6) is -0.451. The second-order valence-electron chi connectivity index (χ2n) is 20.4. The Bertz CT molecular complexity index is 2560. The summed E-state index contributed by atoms with van der Waals surface area (Å²) in [4.78, 5) is 52.8. The number of fused-ring (bicyclic) bond motifs is 6. The summed E-state index contributed by atoms with van der Waals surface area (Å²) in [7, 11) is -1.44. The van der Waals surface area contributed by atoms with Gasteiger partial charge in [0.25, 0.3) is 0 Å². The van der Waals surface area contributed by atoms with Gasteiger partial charge in [-0.1, -0.05) is 55.0 Å². The number of carbonyl (C=O) groups is 3. The second-order valence-corrected chi connectivity index (χ2v) is 26.8. The van der Waals surface area contributed by atoms with Crippen LogP contribution < -0.4 is 0 Å². The molecule has 11 nitrogen and oxygen atoms in total. The number of hydrogen-bond acceptors (Lipinski definition) is 7. The molecular formula is C47H55Cl2FN6O5Si. The lowest BCUT2D eigenvalue weighted by molar-refractivity contribution is -0.139. The summed E-state index contributed by atoms with van der Waals surface area (Å²) in [6.07, 6.45) is 3.32. The standard InChI is InChI=1S/C47H55Cl2FN6O5Si/c1-25-32-22-36(35-21-29-20-30(55(35)44(57)26-13-14-26)24-53(29)45(58)60-16-17-62(5,6)7)56(42-28-19-37(42)54(23-28)46(59)61-47(2,3)4)43(32)33-18-27(10-9-15-51)38(40(50)41(33)52-25)31-11-8-12-34(48)39(31)49/h8,11-12,18,22,26,28-30,35,37,42H,9-10,13-14,16-17,19-21,23-24H2,1-7H3/t28-,29-,30-,35-,37-,42+/m1/s1. The van der Waals surface area contributed by atoms with E-state index in [-0.39, 0.29) is 88.1 Å². The van der Waals surface area contributed by atoms with E-state index in [1.54, 1.807) is 18.2 Å². The van der Waals surface area contributed by atoms with Crippen LogP contribution in [0.25, 0.3) is 32.9 Å². The molecule has 4 aromatic rings. The minimum atomic E-state index is -1.44. The Kier molecular flexibility index (Phi) is 10.9. The molecule has 6 aliphatic rings. The van der Waals surface area contributed by atoms with Gasteiger partial charge in [-0.15, -0.1) is 0 Å². The molecule has 3 amide bonds. The molecule has 0 unspecified atom stereocenters. The maximum Gasteiger partial charge on any atom is 0.410 e. The van der Waals surface area contributed by atoms with Crippen molar-refractivity contribution in [2.75, 3.05) is 19.7 Å². The van der Waals surface area contributed by atoms with Gasteiger partial charge in [0.1, 0.15) is 11.1 Å². The van der Waals surface area contributed by atoms with Crippen LogP contribution in [0.1, 0.15) is 88.3 Å². The largest absolute Gasteiger partial charge is 0.450 e. The van der Waals surface area contributed by atoms with Crippen LogP contribution in [0.2, 0.25) is 35.7 Å². The molecule has 6 heterocycles. The summed E-state index contributed by atoms with van der Waals surface area (Å²) in [5.41, 5.74) is 3.02. The molecule has 62 heavy (non-hydrogen) atoms. The predicted molar refractivity (Wildman–Crippen MR) is 241 cm³/mol. The van der Waals surface area contributed by atoms with Crippen molar-refractivity contribution in [1.29, 1.82) is 5.26 Å². The first-order valence-corrected chi connectivity index (χ1v) is 26.5. The zero-order valence-corrected chi connectivity index (χ0v) is 39.1. The third kappa shape index (κ3) is 7.51. The van der Waals surface area contributed by atoms with Crippen molar-refractivity contribution in [2.45, 2.75) is 134 Å². The summed E-state index contributed by atoms with van der Waals surface area (Å²) in [5, 5.41) is 11.7. The van der Waals surface area contributed by atoms with Crippen molar-refractivity contribution in [2.24, 2.45) is 11.8 Å². The lowest BCUT2D eigenvalue weighted by atomic mass is 9.79. The van der Waals surface area contributed by atoms with Crippen LogP contribution in [0.5, 0.6) is 0 Å². The average molecular weight is 902 g/mol. The average Bonchev–Trinajstić information content (AvgIpc) is 3.49. The maximum atomic E-state index is 17.6. The summed E-state index contributed by atoms with van der Waals surface area (Å²) in [6, 6.07) is 11.1. The van der Waals surface area contributed by atoms with Crippen molar-refractivity contribution in [3.63, 3.8) is 0 Å². The van der Waals surface area contributed by atoms with E-state index in [1.807, 2.05) is 43.6 Å². The topological polar surface area (TPSA) is 121 Å². The highest BCUT2D eigenvalue weighted by Gasteiger charge is 2.58. The molecule has 0 radical (unpaired) electrons. The van der Waals surface area contributed by atoms with Crippen molar-refractivity contribution in [3.05, 3.63) is 63.1 Å². The van der Waals surface area contributed by atoms with Crippen LogP contribution in [-0.4, -0.2) is 93.8 Å². The first-order chi connectivity index (χ1) is 29.3. The van der Waals surface area contributed by atoms with Crippen LogP contribution in [0.15, 0.2) is 30.3 Å². The minimum absolute atomic E-state index is 0.0649. The first-order valence-electron chi connectivity index (χ1n) is 22.1. The van der Waals surface area contributed by atoms with Crippen molar-refractivity contribution >= 4 is 71.2 Å². The lowest BCUT2D eigenvalue weighted by Gasteiger charge is -2.44. The molecule has 4 saturated heterocycles. The molecule has 2 saturated carbocycles. The summed E-state index contributed by atoms with van der Waals surface area (Å²) in [6.45, 7) is 15.5. The number of piperidine rings is 1. The van der Waals surface area contributed by atoms with Crippen LogP contribution in [0, 0.1) is 35.9 Å². The number of hydrogen-bond donors (Lipinski definition) is 0. The van der Waals surface area contributed by atoms with E-state index in [2.05, 4.69) is 41.2 Å². The van der Waals surface area contributed by atoms with Gasteiger partial charge in [0, 0.05) is 78.7 Å². The highest BCUT2D eigenvalue weighted by atomic mass is 35.5. The van der Waals surface area contributed by atoms with E-state index in [4.69, 9.17) is 37.7 Å². The van der Waals surface area contributed by atoms with Gasteiger partial charge in [-0.2, -0.15) is 5.26 Å². The van der Waals surface area contributed by atoms with Gasteiger partial charge in [0.05, 0.1) is 52.4 Å². The predicted octanol–water partition coefficient (Wildman–Crippen LogP) is 10.8. The fraction of sp³-hybridized carbons (Fsp3) is 0.553. The quantitative estimate of drug-likeness (QED) is 0.153. The third-order valence-corrected chi connectivity index (χ3v) is 16.2. The minimum Gasteiger partial charge on any atom is -0.450 e. The number of ether oxygens (including phenoxy) is 2. The van der Waals surface area contributed by atoms with E-state index in [1.165, 1.54) is 0 Å². The fourth-order valence-electron chi connectivity index (χ4n) is 10.6. The summed E-state index contributed by atoms with van der Waals surface area (Å²) < 4.78 is 31.7. The Balaban J connectivity index is 1.24. The Morgan fingerprint density at radius 3 is 2.45 bits per heavy atom. The molecule has 328 valence electrons. The van der Waals surface area contributed by atoms with Gasteiger partial charge >= 0.3 is 12.2 Å². The lowest BCUT2D eigenvalue weighted by Crippen LogP contribution is -2.49. The van der Waals surface area contributed by atoms with E-state index in [0.717, 1.165) is 41.9 Å². The number of aromatic nitrogens is 2. The number of amides is 3. The van der Waals surface area contributed by atoms with Crippen LogP contribution in [0.3, 0.4) is 0 Å². The molecule has 15 heteroatoms. The van der Waals surface area contributed by atoms with E-state index in [0.29, 0.717) is 54.7 Å². The number of carbonyl (C=O) groups excluding carboxylic acids is 3. The van der Waals surface area contributed by atoms with Crippen LogP contribution in [-0.2, 0) is 20.7 Å². The molecule has 4 aliphatic heterocycles. The Labute approximate surface area is 373 Å². The molecule has 2 aromatic carbocycles. The second kappa shape index (κ2) is 15.7. The number of rotatable bonds is 9. The van der Waals surface area contributed by atoms with E-state index in [9.17, 15) is 19.6 Å². The van der Waals surface area contributed by atoms with Gasteiger partial charge in [-0.05, 0) is 96.0 Å². The number of nitriles is 1.